The number of para-hydroxylation sites is 1. The zero-order chi connectivity index (χ0) is 21.0. The Balaban J connectivity index is 1.93. The second-order valence-corrected chi connectivity index (χ2v) is 9.22. The third kappa shape index (κ3) is 5.29. The Morgan fingerprint density at radius 3 is 2.41 bits per heavy atom. The van der Waals surface area contributed by atoms with Gasteiger partial charge in [-0.05, 0) is 83.1 Å². The maximum absolute atomic E-state index is 12.6. The van der Waals surface area contributed by atoms with Gasteiger partial charge in [0.1, 0.15) is 4.90 Å². The highest BCUT2D eigenvalue weighted by atomic mass is 127. The standard InChI is InChI=1S/C21H17ClINO4S/c1-14-5-3-4-6-19(14)24-13-15-11-18(23)21(20(12-15)27-2)28-29(25,26)17-9-7-16(22)8-10-17/h3-13H,1-2H3. The van der Waals surface area contributed by atoms with Gasteiger partial charge in [0.15, 0.2) is 11.5 Å². The largest absolute Gasteiger partial charge is 0.493 e. The fourth-order valence-corrected chi connectivity index (χ4v) is 4.47. The number of nitrogens with zero attached hydrogens (tertiary/aromatic N) is 1. The molecule has 8 heteroatoms. The van der Waals surface area contributed by atoms with Crippen LogP contribution < -0.4 is 8.92 Å². The van der Waals surface area contributed by atoms with Gasteiger partial charge in [-0.1, -0.05) is 29.8 Å². The molecule has 0 saturated carbocycles. The van der Waals surface area contributed by atoms with E-state index in [-0.39, 0.29) is 10.6 Å². The minimum atomic E-state index is -4.04. The van der Waals surface area contributed by atoms with Crippen molar-refractivity contribution in [2.24, 2.45) is 4.99 Å². The number of hydrogen-bond donors (Lipinski definition) is 0. The molecule has 150 valence electrons. The van der Waals surface area contributed by atoms with E-state index in [1.54, 1.807) is 18.3 Å². The molecule has 0 heterocycles. The van der Waals surface area contributed by atoms with Gasteiger partial charge in [-0.15, -0.1) is 0 Å². The van der Waals surface area contributed by atoms with Crippen molar-refractivity contribution in [2.75, 3.05) is 7.11 Å². The molecule has 0 N–H and O–H groups in total. The molecule has 0 atom stereocenters. The van der Waals surface area contributed by atoms with Crippen molar-refractivity contribution >= 4 is 56.2 Å². The van der Waals surface area contributed by atoms with Crippen molar-refractivity contribution < 1.29 is 17.3 Å². The maximum Gasteiger partial charge on any atom is 0.339 e. The van der Waals surface area contributed by atoms with Crippen LogP contribution in [0.1, 0.15) is 11.1 Å². The van der Waals surface area contributed by atoms with Crippen molar-refractivity contribution in [2.45, 2.75) is 11.8 Å². The molecule has 3 aromatic rings. The Morgan fingerprint density at radius 1 is 1.07 bits per heavy atom. The fraction of sp³-hybridized carbons (Fsp3) is 0.0952. The van der Waals surface area contributed by atoms with Crippen molar-refractivity contribution in [3.05, 3.63) is 80.4 Å². The monoisotopic (exact) mass is 541 g/mol. The summed E-state index contributed by atoms with van der Waals surface area (Å²) in [6.45, 7) is 1.98. The van der Waals surface area contributed by atoms with Crippen molar-refractivity contribution in [1.82, 2.24) is 0 Å². The van der Waals surface area contributed by atoms with E-state index in [0.717, 1.165) is 16.8 Å². The number of rotatable bonds is 6. The third-order valence-electron chi connectivity index (χ3n) is 4.02. The summed E-state index contributed by atoms with van der Waals surface area (Å²) in [4.78, 5) is 4.50. The number of methoxy groups -OCH3 is 1. The smallest absolute Gasteiger partial charge is 0.339 e. The first kappa shape index (κ1) is 21.6. The molecule has 0 aliphatic heterocycles. The first-order valence-electron chi connectivity index (χ1n) is 8.47. The zero-order valence-electron chi connectivity index (χ0n) is 15.6. The number of aryl methyl sites for hydroxylation is 1. The summed E-state index contributed by atoms with van der Waals surface area (Å²) in [5.41, 5.74) is 2.66. The van der Waals surface area contributed by atoms with E-state index in [0.29, 0.717) is 14.3 Å². The molecule has 29 heavy (non-hydrogen) atoms. The Hall–Kier alpha value is -2.10. The summed E-state index contributed by atoms with van der Waals surface area (Å²) in [6.07, 6.45) is 1.70. The van der Waals surface area contributed by atoms with Gasteiger partial charge in [0.05, 0.1) is 16.4 Å². The van der Waals surface area contributed by atoms with E-state index in [9.17, 15) is 8.42 Å². The average Bonchev–Trinajstić information content (AvgIpc) is 2.69. The van der Waals surface area contributed by atoms with Crippen molar-refractivity contribution in [3.8, 4) is 11.5 Å². The van der Waals surface area contributed by atoms with Gasteiger partial charge in [0.25, 0.3) is 0 Å². The Morgan fingerprint density at radius 2 is 1.76 bits per heavy atom. The molecule has 0 spiro atoms. The summed E-state index contributed by atoms with van der Waals surface area (Å²) >= 11 is 7.84. The summed E-state index contributed by atoms with van der Waals surface area (Å²) in [5.74, 6) is 0.414. The van der Waals surface area contributed by atoms with Gasteiger partial charge < -0.3 is 8.92 Å². The zero-order valence-corrected chi connectivity index (χ0v) is 19.3. The molecular weight excluding hydrogens is 525 g/mol. The molecule has 0 radical (unpaired) electrons. The van der Waals surface area contributed by atoms with Gasteiger partial charge in [-0.3, -0.25) is 4.99 Å². The topological polar surface area (TPSA) is 65.0 Å². The molecule has 0 aliphatic rings. The van der Waals surface area contributed by atoms with E-state index in [2.05, 4.69) is 4.99 Å². The lowest BCUT2D eigenvalue weighted by molar-refractivity contribution is 0.389. The SMILES string of the molecule is COc1cc(C=Nc2ccccc2C)cc(I)c1OS(=O)(=O)c1ccc(Cl)cc1. The van der Waals surface area contributed by atoms with Crippen LogP contribution in [-0.4, -0.2) is 21.7 Å². The summed E-state index contributed by atoms with van der Waals surface area (Å²) in [7, 11) is -2.58. The molecule has 0 amide bonds. The predicted octanol–water partition coefficient (Wildman–Crippen LogP) is 5.78. The van der Waals surface area contributed by atoms with E-state index in [4.69, 9.17) is 20.5 Å². The molecule has 0 bridgehead atoms. The van der Waals surface area contributed by atoms with Crippen LogP contribution in [0.2, 0.25) is 5.02 Å². The molecule has 3 rings (SSSR count). The normalized spacial score (nSPS) is 11.6. The highest BCUT2D eigenvalue weighted by Gasteiger charge is 2.22. The van der Waals surface area contributed by atoms with Gasteiger partial charge >= 0.3 is 10.1 Å². The van der Waals surface area contributed by atoms with E-state index in [1.807, 2.05) is 53.8 Å². The second kappa shape index (κ2) is 9.15. The van der Waals surface area contributed by atoms with Crippen LogP contribution in [0.15, 0.2) is 70.6 Å². The third-order valence-corrected chi connectivity index (χ3v) is 6.30. The highest BCUT2D eigenvalue weighted by Crippen LogP contribution is 2.36. The second-order valence-electron chi connectivity index (χ2n) is 6.07. The predicted molar refractivity (Wildman–Crippen MR) is 123 cm³/mol. The minimum Gasteiger partial charge on any atom is -0.493 e. The van der Waals surface area contributed by atoms with Crippen LogP contribution in [0.4, 0.5) is 5.69 Å². The first-order valence-corrected chi connectivity index (χ1v) is 11.3. The summed E-state index contributed by atoms with van der Waals surface area (Å²) in [5, 5.41) is 0.438. The molecule has 0 unspecified atom stereocenters. The van der Waals surface area contributed by atoms with Gasteiger partial charge in [-0.2, -0.15) is 8.42 Å². The molecule has 3 aromatic carbocycles. The Labute approximate surface area is 188 Å². The molecule has 0 saturated heterocycles. The molecule has 0 fully saturated rings. The molecular formula is C21H17ClINO4S. The lowest BCUT2D eigenvalue weighted by Crippen LogP contribution is -2.11. The van der Waals surface area contributed by atoms with E-state index >= 15 is 0 Å². The average molecular weight is 542 g/mol. The van der Waals surface area contributed by atoms with E-state index < -0.39 is 10.1 Å². The molecule has 0 aliphatic carbocycles. The Bertz CT molecular complexity index is 1160. The first-order chi connectivity index (χ1) is 13.8. The summed E-state index contributed by atoms with van der Waals surface area (Å²) in [6, 6.07) is 17.0. The minimum absolute atomic E-state index is 0.00458. The van der Waals surface area contributed by atoms with Gasteiger partial charge in [-0.25, -0.2) is 0 Å². The van der Waals surface area contributed by atoms with Gasteiger partial charge in [0, 0.05) is 11.2 Å². The number of aliphatic imine (C=N–C) groups is 1. The summed E-state index contributed by atoms with van der Waals surface area (Å²) < 4.78 is 36.5. The number of hydrogen-bond acceptors (Lipinski definition) is 5. The van der Waals surface area contributed by atoms with E-state index in [1.165, 1.54) is 31.4 Å². The van der Waals surface area contributed by atoms with Crippen LogP contribution >= 0.6 is 34.2 Å². The van der Waals surface area contributed by atoms with Crippen LogP contribution in [-0.2, 0) is 10.1 Å². The van der Waals surface area contributed by atoms with Crippen LogP contribution in [0, 0.1) is 10.5 Å². The number of ether oxygens (including phenoxy) is 1. The maximum atomic E-state index is 12.6. The number of benzene rings is 3. The lowest BCUT2D eigenvalue weighted by Gasteiger charge is -2.13. The fourth-order valence-electron chi connectivity index (χ4n) is 2.51. The van der Waals surface area contributed by atoms with Crippen LogP contribution in [0.25, 0.3) is 0 Å². The van der Waals surface area contributed by atoms with Crippen LogP contribution in [0.3, 0.4) is 0 Å². The molecule has 5 nitrogen and oxygen atoms in total. The Kier molecular flexibility index (Phi) is 6.81. The number of halogens is 2. The highest BCUT2D eigenvalue weighted by molar-refractivity contribution is 14.1. The van der Waals surface area contributed by atoms with Crippen molar-refractivity contribution in [3.63, 3.8) is 0 Å². The molecule has 0 aromatic heterocycles. The van der Waals surface area contributed by atoms with Gasteiger partial charge in [0.2, 0.25) is 0 Å². The quantitative estimate of drug-likeness (QED) is 0.225. The lowest BCUT2D eigenvalue weighted by atomic mass is 10.2. The van der Waals surface area contributed by atoms with Crippen LogP contribution in [0.5, 0.6) is 11.5 Å². The van der Waals surface area contributed by atoms with Crippen molar-refractivity contribution in [1.29, 1.82) is 0 Å².